The minimum Gasteiger partial charge on any atom is -0.390 e. The standard InChI is InChI=1S/C15H16N2O2S/c18-9-13-10-20-14(16-13)11-3-5-12(6-4-11)15(19)17-7-1-2-8-17/h3-6,10,18H,1-2,7-9H2. The van der Waals surface area contributed by atoms with Crippen LogP contribution in [0.3, 0.4) is 0 Å². The van der Waals surface area contributed by atoms with Crippen LogP contribution in [-0.4, -0.2) is 34.0 Å². The highest BCUT2D eigenvalue weighted by Crippen LogP contribution is 2.24. The first-order valence-corrected chi connectivity index (χ1v) is 7.61. The largest absolute Gasteiger partial charge is 0.390 e. The molecule has 1 aromatic carbocycles. The molecule has 2 heterocycles. The summed E-state index contributed by atoms with van der Waals surface area (Å²) in [7, 11) is 0. The van der Waals surface area contributed by atoms with Crippen LogP contribution in [0.15, 0.2) is 29.6 Å². The zero-order chi connectivity index (χ0) is 13.9. The molecule has 1 aromatic heterocycles. The molecule has 1 aliphatic heterocycles. The van der Waals surface area contributed by atoms with Gasteiger partial charge in [0.25, 0.3) is 5.91 Å². The number of benzene rings is 1. The van der Waals surface area contributed by atoms with Gasteiger partial charge in [-0.25, -0.2) is 4.98 Å². The monoisotopic (exact) mass is 288 g/mol. The molecule has 104 valence electrons. The SMILES string of the molecule is O=C(c1ccc(-c2nc(CO)cs2)cc1)N1CCCC1. The Morgan fingerprint density at radius 3 is 2.55 bits per heavy atom. The van der Waals surface area contributed by atoms with E-state index in [-0.39, 0.29) is 12.5 Å². The van der Waals surface area contributed by atoms with Crippen molar-refractivity contribution in [2.24, 2.45) is 0 Å². The summed E-state index contributed by atoms with van der Waals surface area (Å²) in [6, 6.07) is 7.55. The quantitative estimate of drug-likeness (QED) is 0.944. The number of carbonyl (C=O) groups is 1. The van der Waals surface area contributed by atoms with Crippen LogP contribution in [0.25, 0.3) is 10.6 Å². The lowest BCUT2D eigenvalue weighted by atomic mass is 10.1. The van der Waals surface area contributed by atoms with Gasteiger partial charge >= 0.3 is 0 Å². The second-order valence-corrected chi connectivity index (χ2v) is 5.74. The van der Waals surface area contributed by atoms with E-state index in [9.17, 15) is 4.79 Å². The molecular formula is C15H16N2O2S. The maximum absolute atomic E-state index is 12.2. The second kappa shape index (κ2) is 5.73. The van der Waals surface area contributed by atoms with Crippen molar-refractivity contribution in [2.45, 2.75) is 19.4 Å². The Kier molecular flexibility index (Phi) is 3.80. The first kappa shape index (κ1) is 13.3. The molecule has 0 saturated carbocycles. The van der Waals surface area contributed by atoms with E-state index in [4.69, 9.17) is 5.11 Å². The highest BCUT2D eigenvalue weighted by Gasteiger charge is 2.19. The number of aliphatic hydroxyl groups is 1. The molecule has 0 radical (unpaired) electrons. The van der Waals surface area contributed by atoms with Gasteiger partial charge in [0.1, 0.15) is 5.01 Å². The molecule has 1 aliphatic rings. The van der Waals surface area contributed by atoms with Gasteiger partial charge in [-0.3, -0.25) is 4.79 Å². The van der Waals surface area contributed by atoms with Gasteiger partial charge in [0, 0.05) is 29.6 Å². The van der Waals surface area contributed by atoms with Crippen LogP contribution in [0.5, 0.6) is 0 Å². The first-order valence-electron chi connectivity index (χ1n) is 6.73. The minimum atomic E-state index is -0.0397. The molecule has 1 amide bonds. The topological polar surface area (TPSA) is 53.4 Å². The number of hydrogen-bond acceptors (Lipinski definition) is 4. The summed E-state index contributed by atoms with van der Waals surface area (Å²) in [5, 5.41) is 11.7. The highest BCUT2D eigenvalue weighted by molar-refractivity contribution is 7.13. The smallest absolute Gasteiger partial charge is 0.253 e. The fourth-order valence-corrected chi connectivity index (χ4v) is 3.19. The van der Waals surface area contributed by atoms with Crippen molar-refractivity contribution in [2.75, 3.05) is 13.1 Å². The molecule has 0 unspecified atom stereocenters. The number of thiazole rings is 1. The molecule has 1 fully saturated rings. The van der Waals surface area contributed by atoms with E-state index in [1.165, 1.54) is 11.3 Å². The van der Waals surface area contributed by atoms with Crippen LogP contribution in [-0.2, 0) is 6.61 Å². The van der Waals surface area contributed by atoms with Crippen LogP contribution < -0.4 is 0 Å². The van der Waals surface area contributed by atoms with Crippen LogP contribution in [0, 0.1) is 0 Å². The number of nitrogens with zero attached hydrogens (tertiary/aromatic N) is 2. The number of amides is 1. The molecule has 0 bridgehead atoms. The lowest BCUT2D eigenvalue weighted by Gasteiger charge is -2.15. The van der Waals surface area contributed by atoms with Crippen LogP contribution in [0.2, 0.25) is 0 Å². The molecule has 3 rings (SSSR count). The predicted molar refractivity (Wildman–Crippen MR) is 78.6 cm³/mol. The van der Waals surface area contributed by atoms with E-state index in [1.807, 2.05) is 34.5 Å². The Hall–Kier alpha value is -1.72. The number of aliphatic hydroxyl groups excluding tert-OH is 1. The Labute approximate surface area is 121 Å². The summed E-state index contributed by atoms with van der Waals surface area (Å²) in [4.78, 5) is 18.5. The molecule has 0 aliphatic carbocycles. The van der Waals surface area contributed by atoms with E-state index in [0.717, 1.165) is 42.1 Å². The van der Waals surface area contributed by atoms with Crippen molar-refractivity contribution < 1.29 is 9.90 Å². The van der Waals surface area contributed by atoms with E-state index < -0.39 is 0 Å². The highest BCUT2D eigenvalue weighted by atomic mass is 32.1. The Morgan fingerprint density at radius 2 is 1.95 bits per heavy atom. The van der Waals surface area contributed by atoms with Gasteiger partial charge in [-0.15, -0.1) is 11.3 Å². The molecule has 5 heteroatoms. The van der Waals surface area contributed by atoms with Gasteiger partial charge in [0.2, 0.25) is 0 Å². The third-order valence-electron chi connectivity index (χ3n) is 3.49. The summed E-state index contributed by atoms with van der Waals surface area (Å²) in [6.45, 7) is 1.70. The summed E-state index contributed by atoms with van der Waals surface area (Å²) in [5.74, 6) is 0.115. The Bertz CT molecular complexity index is 601. The maximum Gasteiger partial charge on any atom is 0.253 e. The molecule has 20 heavy (non-hydrogen) atoms. The average Bonchev–Trinajstić information content (AvgIpc) is 3.18. The van der Waals surface area contributed by atoms with Crippen molar-refractivity contribution in [3.63, 3.8) is 0 Å². The minimum absolute atomic E-state index is 0.0397. The normalized spacial score (nSPS) is 14.8. The lowest BCUT2D eigenvalue weighted by Crippen LogP contribution is -2.27. The fraction of sp³-hybridized carbons (Fsp3) is 0.333. The third kappa shape index (κ3) is 2.59. The van der Waals surface area contributed by atoms with Crippen LogP contribution in [0.4, 0.5) is 0 Å². The molecule has 2 aromatic rings. The van der Waals surface area contributed by atoms with Crippen molar-refractivity contribution in [1.29, 1.82) is 0 Å². The van der Waals surface area contributed by atoms with Gasteiger partial charge in [-0.1, -0.05) is 12.1 Å². The molecule has 1 N–H and O–H groups in total. The number of rotatable bonds is 3. The Morgan fingerprint density at radius 1 is 1.25 bits per heavy atom. The van der Waals surface area contributed by atoms with Crippen LogP contribution in [0.1, 0.15) is 28.9 Å². The summed E-state index contributed by atoms with van der Waals surface area (Å²) in [6.07, 6.45) is 2.21. The lowest BCUT2D eigenvalue weighted by molar-refractivity contribution is 0.0793. The molecule has 1 saturated heterocycles. The van der Waals surface area contributed by atoms with Gasteiger partial charge in [-0.2, -0.15) is 0 Å². The number of aromatic nitrogens is 1. The zero-order valence-electron chi connectivity index (χ0n) is 11.1. The van der Waals surface area contributed by atoms with Gasteiger partial charge in [-0.05, 0) is 25.0 Å². The summed E-state index contributed by atoms with van der Waals surface area (Å²) < 4.78 is 0. The maximum atomic E-state index is 12.2. The molecular weight excluding hydrogens is 272 g/mol. The fourth-order valence-electron chi connectivity index (χ4n) is 2.37. The predicted octanol–water partition coefficient (Wildman–Crippen LogP) is 2.54. The average molecular weight is 288 g/mol. The number of carbonyl (C=O) groups excluding carboxylic acids is 1. The summed E-state index contributed by atoms with van der Waals surface area (Å²) in [5.41, 5.74) is 2.39. The van der Waals surface area contributed by atoms with E-state index in [1.54, 1.807) is 0 Å². The van der Waals surface area contributed by atoms with Gasteiger partial charge in [0.05, 0.1) is 12.3 Å². The Balaban J connectivity index is 1.78. The van der Waals surface area contributed by atoms with Gasteiger partial charge < -0.3 is 10.0 Å². The third-order valence-corrected chi connectivity index (χ3v) is 4.43. The van der Waals surface area contributed by atoms with Crippen molar-refractivity contribution in [3.05, 3.63) is 40.9 Å². The van der Waals surface area contributed by atoms with E-state index in [0.29, 0.717) is 5.69 Å². The second-order valence-electron chi connectivity index (χ2n) is 4.88. The number of hydrogen-bond donors (Lipinski definition) is 1. The zero-order valence-corrected chi connectivity index (χ0v) is 11.9. The van der Waals surface area contributed by atoms with Gasteiger partial charge in [0.15, 0.2) is 0 Å². The molecule has 4 nitrogen and oxygen atoms in total. The molecule has 0 atom stereocenters. The first-order chi connectivity index (χ1) is 9.78. The van der Waals surface area contributed by atoms with Crippen molar-refractivity contribution >= 4 is 17.2 Å². The molecule has 0 spiro atoms. The van der Waals surface area contributed by atoms with Crippen LogP contribution >= 0.6 is 11.3 Å². The summed E-state index contributed by atoms with van der Waals surface area (Å²) >= 11 is 1.50. The van der Waals surface area contributed by atoms with Crippen molar-refractivity contribution in [3.8, 4) is 10.6 Å². The number of likely N-dealkylation sites (tertiary alicyclic amines) is 1. The van der Waals surface area contributed by atoms with E-state index >= 15 is 0 Å². The van der Waals surface area contributed by atoms with E-state index in [2.05, 4.69) is 4.98 Å². The van der Waals surface area contributed by atoms with Crippen molar-refractivity contribution in [1.82, 2.24) is 9.88 Å².